The van der Waals surface area contributed by atoms with Gasteiger partial charge in [0, 0.05) is 39.2 Å². The van der Waals surface area contributed by atoms with Crippen molar-refractivity contribution in [1.29, 1.82) is 0 Å². The summed E-state index contributed by atoms with van der Waals surface area (Å²) >= 11 is 0. The Balaban J connectivity index is 1.55. The molecular formula is C21H39N7O. The summed E-state index contributed by atoms with van der Waals surface area (Å²) in [6.07, 6.45) is 7.08. The second kappa shape index (κ2) is 10.9. The maximum absolute atomic E-state index is 5.16. The van der Waals surface area contributed by atoms with Gasteiger partial charge in [-0.15, -0.1) is 0 Å². The molecule has 8 nitrogen and oxygen atoms in total. The van der Waals surface area contributed by atoms with Crippen LogP contribution in [-0.4, -0.2) is 71.5 Å². The molecule has 0 spiro atoms. The molecule has 0 aliphatic carbocycles. The zero-order chi connectivity index (χ0) is 20.6. The Bertz CT molecular complexity index is 647. The van der Waals surface area contributed by atoms with Crippen LogP contribution in [0.5, 0.6) is 0 Å². The molecular weight excluding hydrogens is 366 g/mol. The van der Waals surface area contributed by atoms with Gasteiger partial charge >= 0.3 is 0 Å². The Morgan fingerprint density at radius 2 is 2.03 bits per heavy atom. The Labute approximate surface area is 175 Å². The van der Waals surface area contributed by atoms with E-state index < -0.39 is 0 Å². The average molecular weight is 406 g/mol. The van der Waals surface area contributed by atoms with Crippen LogP contribution < -0.4 is 10.6 Å². The van der Waals surface area contributed by atoms with E-state index in [4.69, 9.17) is 4.74 Å². The van der Waals surface area contributed by atoms with Gasteiger partial charge in [0.1, 0.15) is 12.4 Å². The van der Waals surface area contributed by atoms with Crippen LogP contribution in [0.3, 0.4) is 0 Å². The van der Waals surface area contributed by atoms with E-state index in [0.29, 0.717) is 18.7 Å². The van der Waals surface area contributed by atoms with E-state index in [9.17, 15) is 0 Å². The summed E-state index contributed by atoms with van der Waals surface area (Å²) in [7, 11) is 3.54. The lowest BCUT2D eigenvalue weighted by molar-refractivity contribution is 0.166. The van der Waals surface area contributed by atoms with E-state index in [0.717, 1.165) is 49.5 Å². The molecule has 164 valence electrons. The van der Waals surface area contributed by atoms with Crippen molar-refractivity contribution < 1.29 is 4.74 Å². The fraction of sp³-hybridized carbons (Fsp3) is 0.857. The molecule has 1 aromatic heterocycles. The van der Waals surface area contributed by atoms with Crippen molar-refractivity contribution in [3.63, 3.8) is 0 Å². The largest absolute Gasteiger partial charge is 0.377 e. The smallest absolute Gasteiger partial charge is 0.191 e. The van der Waals surface area contributed by atoms with Crippen LogP contribution >= 0.6 is 0 Å². The Kier molecular flexibility index (Phi) is 8.29. The van der Waals surface area contributed by atoms with E-state index in [1.54, 1.807) is 7.11 Å². The Hall–Kier alpha value is -1.67. The van der Waals surface area contributed by atoms with Gasteiger partial charge in [0.2, 0.25) is 0 Å². The molecule has 3 heterocycles. The highest BCUT2D eigenvalue weighted by Crippen LogP contribution is 2.22. The van der Waals surface area contributed by atoms with Gasteiger partial charge in [0.05, 0.1) is 6.54 Å². The summed E-state index contributed by atoms with van der Waals surface area (Å²) in [4.78, 5) is 11.7. The molecule has 2 unspecified atom stereocenters. The minimum absolute atomic E-state index is 0.309. The van der Waals surface area contributed by atoms with Gasteiger partial charge in [-0.2, -0.15) is 5.10 Å². The third-order valence-electron chi connectivity index (χ3n) is 6.42. The first-order valence-corrected chi connectivity index (χ1v) is 11.3. The zero-order valence-corrected chi connectivity index (χ0v) is 18.7. The number of hydrogen-bond donors (Lipinski definition) is 2. The lowest BCUT2D eigenvalue weighted by Crippen LogP contribution is -2.52. The highest BCUT2D eigenvalue weighted by atomic mass is 16.5. The topological polar surface area (TPSA) is 79.6 Å². The van der Waals surface area contributed by atoms with Crippen molar-refractivity contribution in [1.82, 2.24) is 30.3 Å². The van der Waals surface area contributed by atoms with Crippen molar-refractivity contribution in [2.75, 3.05) is 33.8 Å². The maximum atomic E-state index is 5.16. The lowest BCUT2D eigenvalue weighted by Gasteiger charge is -2.34. The number of aryl methyl sites for hydroxylation is 1. The van der Waals surface area contributed by atoms with Gasteiger partial charge in [-0.1, -0.05) is 26.7 Å². The monoisotopic (exact) mass is 405 g/mol. The number of rotatable bonds is 9. The predicted molar refractivity (Wildman–Crippen MR) is 116 cm³/mol. The van der Waals surface area contributed by atoms with E-state index in [-0.39, 0.29) is 0 Å². The number of methoxy groups -OCH3 is 1. The van der Waals surface area contributed by atoms with Crippen LogP contribution in [-0.2, 0) is 24.3 Å². The number of nitrogens with one attached hydrogen (secondary N) is 2. The minimum Gasteiger partial charge on any atom is -0.377 e. The predicted octanol–water partition coefficient (Wildman–Crippen LogP) is 1.80. The molecule has 0 saturated carbocycles. The first kappa shape index (κ1) is 22.0. The summed E-state index contributed by atoms with van der Waals surface area (Å²) in [5, 5.41) is 11.8. The molecule has 1 aromatic rings. The molecule has 29 heavy (non-hydrogen) atoms. The second-order valence-electron chi connectivity index (χ2n) is 8.28. The Morgan fingerprint density at radius 1 is 1.28 bits per heavy atom. The summed E-state index contributed by atoms with van der Waals surface area (Å²) in [6, 6.07) is 0.889. The highest BCUT2D eigenvalue weighted by Gasteiger charge is 2.28. The molecule has 0 amide bonds. The molecule has 3 rings (SSSR count). The Morgan fingerprint density at radius 3 is 2.69 bits per heavy atom. The summed E-state index contributed by atoms with van der Waals surface area (Å²) in [5.74, 6) is 3.45. The molecule has 2 aliphatic rings. The average Bonchev–Trinajstić information content (AvgIpc) is 3.39. The number of fused-ring (bicyclic) bond motifs is 1. The second-order valence-corrected chi connectivity index (χ2v) is 8.28. The third-order valence-corrected chi connectivity index (χ3v) is 6.42. The van der Waals surface area contributed by atoms with Gasteiger partial charge in [-0.25, -0.2) is 9.67 Å². The first-order valence-electron chi connectivity index (χ1n) is 11.3. The summed E-state index contributed by atoms with van der Waals surface area (Å²) < 4.78 is 7.18. The normalized spacial score (nSPS) is 21.4. The van der Waals surface area contributed by atoms with Gasteiger partial charge < -0.3 is 15.4 Å². The van der Waals surface area contributed by atoms with Crippen molar-refractivity contribution in [3.8, 4) is 0 Å². The van der Waals surface area contributed by atoms with Gasteiger partial charge in [0.15, 0.2) is 11.8 Å². The molecule has 8 heteroatoms. The molecule has 2 N–H and O–H groups in total. The van der Waals surface area contributed by atoms with Gasteiger partial charge in [-0.05, 0) is 38.3 Å². The van der Waals surface area contributed by atoms with E-state index in [1.807, 2.05) is 11.7 Å². The molecule has 1 saturated heterocycles. The van der Waals surface area contributed by atoms with Crippen LogP contribution in [0.25, 0.3) is 0 Å². The highest BCUT2D eigenvalue weighted by molar-refractivity contribution is 5.80. The van der Waals surface area contributed by atoms with Gasteiger partial charge in [-0.3, -0.25) is 9.89 Å². The third kappa shape index (κ3) is 5.69. The number of nitrogens with zero attached hydrogens (tertiary/aromatic N) is 5. The molecule has 0 radical (unpaired) electrons. The molecule has 2 atom stereocenters. The number of likely N-dealkylation sites (tertiary alicyclic amines) is 1. The first-order chi connectivity index (χ1) is 14.2. The lowest BCUT2D eigenvalue weighted by atomic mass is 9.93. The minimum atomic E-state index is 0.309. The molecule has 1 fully saturated rings. The number of hydrogen-bond acceptors (Lipinski definition) is 5. The van der Waals surface area contributed by atoms with E-state index >= 15 is 0 Å². The van der Waals surface area contributed by atoms with Crippen LogP contribution in [0.4, 0.5) is 0 Å². The quantitative estimate of drug-likeness (QED) is 0.482. The zero-order valence-electron chi connectivity index (χ0n) is 18.7. The van der Waals surface area contributed by atoms with Crippen LogP contribution in [0.2, 0.25) is 0 Å². The molecule has 2 aliphatic heterocycles. The van der Waals surface area contributed by atoms with E-state index in [2.05, 4.69) is 44.5 Å². The van der Waals surface area contributed by atoms with Crippen molar-refractivity contribution in [3.05, 3.63) is 11.6 Å². The van der Waals surface area contributed by atoms with Crippen LogP contribution in [0, 0.1) is 5.92 Å². The van der Waals surface area contributed by atoms with E-state index in [1.165, 1.54) is 38.8 Å². The number of guanidine groups is 1. The van der Waals surface area contributed by atoms with Crippen LogP contribution in [0.15, 0.2) is 4.99 Å². The summed E-state index contributed by atoms with van der Waals surface area (Å²) in [5.41, 5.74) is 0. The van der Waals surface area contributed by atoms with Gasteiger partial charge in [0.25, 0.3) is 0 Å². The fourth-order valence-corrected chi connectivity index (χ4v) is 4.76. The number of aliphatic imine (C=N–C) groups is 1. The van der Waals surface area contributed by atoms with Crippen molar-refractivity contribution >= 4 is 5.96 Å². The van der Waals surface area contributed by atoms with Crippen LogP contribution in [0.1, 0.15) is 57.6 Å². The molecule has 0 bridgehead atoms. The maximum Gasteiger partial charge on any atom is 0.191 e. The number of ether oxygens (including phenoxy) is 1. The molecule has 0 aromatic carbocycles. The number of aromatic nitrogens is 3. The standard InChI is InChI=1S/C21H39N7O/c1-5-16(6-2)18(27-11-7-8-12-27)13-23-21(22-3)24-17-9-10-20-25-19(15-29-4)26-28(20)14-17/h16-18H,5-15H2,1-4H3,(H2,22,23,24). The van der Waals surface area contributed by atoms with Crippen molar-refractivity contribution in [2.24, 2.45) is 10.9 Å². The fourth-order valence-electron chi connectivity index (χ4n) is 4.76. The SMILES string of the molecule is CCC(CC)C(CNC(=NC)NC1CCc2nc(COC)nn2C1)N1CCCC1. The van der Waals surface area contributed by atoms with Crippen molar-refractivity contribution in [2.45, 2.75) is 77.6 Å². The summed E-state index contributed by atoms with van der Waals surface area (Å²) in [6.45, 7) is 9.34.